The molecule has 0 aliphatic rings. The SMILES string of the molecule is CCNCc1csc(N(C)C(C)c2cccs2)n1. The molecule has 5 heteroatoms. The Kier molecular flexibility index (Phi) is 4.74. The molecule has 1 unspecified atom stereocenters. The molecule has 1 N–H and O–H groups in total. The second-order valence-corrected chi connectivity index (χ2v) is 6.02. The number of aromatic nitrogens is 1. The molecule has 0 bridgehead atoms. The summed E-state index contributed by atoms with van der Waals surface area (Å²) in [5, 5.41) is 8.65. The van der Waals surface area contributed by atoms with E-state index < -0.39 is 0 Å². The molecule has 0 spiro atoms. The van der Waals surface area contributed by atoms with Crippen molar-refractivity contribution in [3.8, 4) is 0 Å². The zero-order valence-electron chi connectivity index (χ0n) is 11.0. The summed E-state index contributed by atoms with van der Waals surface area (Å²) in [5.41, 5.74) is 1.13. The van der Waals surface area contributed by atoms with Gasteiger partial charge in [-0.15, -0.1) is 22.7 Å². The largest absolute Gasteiger partial charge is 0.344 e. The zero-order valence-corrected chi connectivity index (χ0v) is 12.6. The minimum absolute atomic E-state index is 0.378. The Morgan fingerprint density at radius 1 is 1.44 bits per heavy atom. The van der Waals surface area contributed by atoms with E-state index >= 15 is 0 Å². The third-order valence-corrected chi connectivity index (χ3v) is 4.96. The fourth-order valence-electron chi connectivity index (χ4n) is 1.68. The van der Waals surface area contributed by atoms with Crippen LogP contribution in [-0.2, 0) is 6.54 Å². The molecule has 18 heavy (non-hydrogen) atoms. The van der Waals surface area contributed by atoms with E-state index in [1.165, 1.54) is 4.88 Å². The van der Waals surface area contributed by atoms with Crippen LogP contribution in [0.4, 0.5) is 5.13 Å². The molecule has 3 nitrogen and oxygen atoms in total. The third kappa shape index (κ3) is 3.10. The van der Waals surface area contributed by atoms with Crippen LogP contribution < -0.4 is 10.2 Å². The van der Waals surface area contributed by atoms with E-state index in [4.69, 9.17) is 0 Å². The van der Waals surface area contributed by atoms with Crippen molar-refractivity contribution in [3.05, 3.63) is 33.5 Å². The van der Waals surface area contributed by atoms with Crippen LogP contribution in [-0.4, -0.2) is 18.6 Å². The molecule has 2 aromatic heterocycles. The Hall–Kier alpha value is -0.910. The van der Waals surface area contributed by atoms with Gasteiger partial charge in [0.15, 0.2) is 5.13 Å². The van der Waals surface area contributed by atoms with E-state index in [2.05, 4.69) is 59.0 Å². The molecule has 0 amide bonds. The Balaban J connectivity index is 2.04. The molecule has 2 heterocycles. The molecule has 2 aromatic rings. The number of thiophene rings is 1. The second-order valence-electron chi connectivity index (χ2n) is 4.20. The van der Waals surface area contributed by atoms with Crippen molar-refractivity contribution in [1.82, 2.24) is 10.3 Å². The summed E-state index contributed by atoms with van der Waals surface area (Å²) in [6, 6.07) is 4.66. The lowest BCUT2D eigenvalue weighted by Crippen LogP contribution is -2.20. The first kappa shape index (κ1) is 13.5. The maximum atomic E-state index is 4.67. The molecule has 0 saturated carbocycles. The standard InChI is InChI=1S/C13H19N3S2/c1-4-14-8-11-9-18-13(15-11)16(3)10(2)12-6-5-7-17-12/h5-7,9-10,14H,4,8H2,1-3H3. The molecule has 98 valence electrons. The maximum Gasteiger partial charge on any atom is 0.185 e. The second kappa shape index (κ2) is 6.31. The molecule has 0 aliphatic heterocycles. The maximum absolute atomic E-state index is 4.67. The molecule has 0 radical (unpaired) electrons. The van der Waals surface area contributed by atoms with Gasteiger partial charge in [0.2, 0.25) is 0 Å². The highest BCUT2D eigenvalue weighted by Gasteiger charge is 2.15. The molecular weight excluding hydrogens is 262 g/mol. The van der Waals surface area contributed by atoms with Crippen molar-refractivity contribution in [3.63, 3.8) is 0 Å². The number of anilines is 1. The average molecular weight is 281 g/mol. The highest BCUT2D eigenvalue weighted by molar-refractivity contribution is 7.13. The van der Waals surface area contributed by atoms with Crippen molar-refractivity contribution in [1.29, 1.82) is 0 Å². The van der Waals surface area contributed by atoms with Gasteiger partial charge >= 0.3 is 0 Å². The van der Waals surface area contributed by atoms with E-state index in [1.807, 2.05) is 0 Å². The van der Waals surface area contributed by atoms with Crippen molar-refractivity contribution < 1.29 is 0 Å². The summed E-state index contributed by atoms with van der Waals surface area (Å²) in [6.45, 7) is 6.16. The first-order valence-electron chi connectivity index (χ1n) is 6.13. The van der Waals surface area contributed by atoms with Crippen LogP contribution in [0.15, 0.2) is 22.9 Å². The molecule has 0 aliphatic carbocycles. The zero-order chi connectivity index (χ0) is 13.0. The number of rotatable bonds is 6. The molecular formula is C13H19N3S2. The number of nitrogens with zero attached hydrogens (tertiary/aromatic N) is 2. The molecule has 0 aromatic carbocycles. The van der Waals surface area contributed by atoms with Crippen molar-refractivity contribution in [2.75, 3.05) is 18.5 Å². The van der Waals surface area contributed by atoms with E-state index in [1.54, 1.807) is 22.7 Å². The highest BCUT2D eigenvalue weighted by atomic mass is 32.1. The predicted molar refractivity (Wildman–Crippen MR) is 80.6 cm³/mol. The van der Waals surface area contributed by atoms with Gasteiger partial charge in [0.25, 0.3) is 0 Å². The summed E-state index contributed by atoms with van der Waals surface area (Å²) in [5.74, 6) is 0. The van der Waals surface area contributed by atoms with Crippen LogP contribution in [0.25, 0.3) is 0 Å². The third-order valence-electron chi connectivity index (χ3n) is 2.93. The fourth-order valence-corrected chi connectivity index (χ4v) is 3.38. The van der Waals surface area contributed by atoms with Crippen molar-refractivity contribution in [2.45, 2.75) is 26.4 Å². The van der Waals surface area contributed by atoms with Gasteiger partial charge in [-0.2, -0.15) is 0 Å². The minimum Gasteiger partial charge on any atom is -0.344 e. The number of hydrogen-bond donors (Lipinski definition) is 1. The summed E-state index contributed by atoms with van der Waals surface area (Å²) in [7, 11) is 2.11. The number of thiazole rings is 1. The lowest BCUT2D eigenvalue weighted by molar-refractivity contribution is 0.707. The van der Waals surface area contributed by atoms with E-state index in [-0.39, 0.29) is 0 Å². The van der Waals surface area contributed by atoms with Gasteiger partial charge in [0, 0.05) is 23.8 Å². The predicted octanol–water partition coefficient (Wildman–Crippen LogP) is 3.51. The van der Waals surface area contributed by atoms with Crippen LogP contribution in [0, 0.1) is 0 Å². The molecule has 0 saturated heterocycles. The normalized spacial score (nSPS) is 12.6. The van der Waals surface area contributed by atoms with E-state index in [0.717, 1.165) is 23.9 Å². The fraction of sp³-hybridized carbons (Fsp3) is 0.462. The molecule has 0 fully saturated rings. The Morgan fingerprint density at radius 3 is 2.94 bits per heavy atom. The van der Waals surface area contributed by atoms with E-state index in [9.17, 15) is 0 Å². The van der Waals surface area contributed by atoms with Crippen LogP contribution in [0.5, 0.6) is 0 Å². The molecule has 1 atom stereocenters. The van der Waals surface area contributed by atoms with Gasteiger partial charge in [-0.05, 0) is 24.9 Å². The summed E-state index contributed by atoms with van der Waals surface area (Å²) in [4.78, 5) is 8.28. The lowest BCUT2D eigenvalue weighted by Gasteiger charge is -2.23. The monoisotopic (exact) mass is 281 g/mol. The summed E-state index contributed by atoms with van der Waals surface area (Å²) < 4.78 is 0. The summed E-state index contributed by atoms with van der Waals surface area (Å²) >= 11 is 3.51. The first-order chi connectivity index (χ1) is 8.72. The highest BCUT2D eigenvalue weighted by Crippen LogP contribution is 2.30. The Labute approximate surface area is 116 Å². The van der Waals surface area contributed by atoms with Gasteiger partial charge < -0.3 is 10.2 Å². The van der Waals surface area contributed by atoms with Crippen LogP contribution in [0.2, 0.25) is 0 Å². The number of hydrogen-bond acceptors (Lipinski definition) is 5. The van der Waals surface area contributed by atoms with Crippen LogP contribution in [0.1, 0.15) is 30.5 Å². The van der Waals surface area contributed by atoms with Gasteiger partial charge in [0.05, 0.1) is 11.7 Å². The average Bonchev–Trinajstić information content (AvgIpc) is 3.05. The first-order valence-corrected chi connectivity index (χ1v) is 7.89. The van der Waals surface area contributed by atoms with Crippen LogP contribution >= 0.6 is 22.7 Å². The minimum atomic E-state index is 0.378. The van der Waals surface area contributed by atoms with Crippen molar-refractivity contribution in [2.24, 2.45) is 0 Å². The van der Waals surface area contributed by atoms with E-state index in [0.29, 0.717) is 6.04 Å². The van der Waals surface area contributed by atoms with Crippen molar-refractivity contribution >= 4 is 27.8 Å². The topological polar surface area (TPSA) is 28.2 Å². The number of nitrogens with one attached hydrogen (secondary N) is 1. The lowest BCUT2D eigenvalue weighted by atomic mass is 10.2. The summed E-state index contributed by atoms with van der Waals surface area (Å²) in [6.07, 6.45) is 0. The smallest absolute Gasteiger partial charge is 0.185 e. The van der Waals surface area contributed by atoms with Gasteiger partial charge in [-0.1, -0.05) is 13.0 Å². The van der Waals surface area contributed by atoms with Gasteiger partial charge in [-0.3, -0.25) is 0 Å². The molecule has 2 rings (SSSR count). The van der Waals surface area contributed by atoms with Gasteiger partial charge in [-0.25, -0.2) is 4.98 Å². The van der Waals surface area contributed by atoms with Crippen LogP contribution in [0.3, 0.4) is 0 Å². The Bertz CT molecular complexity index is 464. The van der Waals surface area contributed by atoms with Gasteiger partial charge in [0.1, 0.15) is 0 Å². The quantitative estimate of drug-likeness (QED) is 0.878. The Morgan fingerprint density at radius 2 is 2.28 bits per heavy atom.